The number of benzene rings is 1. The Kier molecular flexibility index (Phi) is 4.32. The van der Waals surface area contributed by atoms with Crippen molar-refractivity contribution in [1.82, 2.24) is 5.32 Å². The molecule has 1 N–H and O–H groups in total. The van der Waals surface area contributed by atoms with E-state index in [-0.39, 0.29) is 18.2 Å². The van der Waals surface area contributed by atoms with Crippen molar-refractivity contribution >= 4 is 17.4 Å². The van der Waals surface area contributed by atoms with Crippen molar-refractivity contribution in [2.75, 3.05) is 25.0 Å². The molecule has 0 unspecified atom stereocenters. The van der Waals surface area contributed by atoms with Crippen LogP contribution in [0.4, 0.5) is 5.69 Å². The first-order valence-corrected chi connectivity index (χ1v) is 6.68. The fourth-order valence-corrected chi connectivity index (χ4v) is 2.43. The Morgan fingerprint density at radius 1 is 1.37 bits per heavy atom. The second kappa shape index (κ2) is 5.97. The fraction of sp³-hybridized carbons (Fsp3) is 0.467. The van der Waals surface area contributed by atoms with Crippen LogP contribution in [-0.4, -0.2) is 31.8 Å². The molecule has 4 nitrogen and oxygen atoms in total. The minimum atomic E-state index is 0.0143. The van der Waals surface area contributed by atoms with E-state index >= 15 is 0 Å². The first kappa shape index (κ1) is 13.7. The number of amides is 1. The number of carbonyl (C=O) groups is 2. The van der Waals surface area contributed by atoms with Crippen molar-refractivity contribution in [3.63, 3.8) is 0 Å². The highest BCUT2D eigenvalue weighted by molar-refractivity contribution is 6.01. The number of Topliss-reactive ketones (excluding diaryl/α,β-unsaturated/α-hetero) is 1. The van der Waals surface area contributed by atoms with Gasteiger partial charge in [0.15, 0.2) is 0 Å². The third-order valence-corrected chi connectivity index (χ3v) is 3.39. The van der Waals surface area contributed by atoms with Crippen LogP contribution in [-0.2, 0) is 22.4 Å². The molecule has 0 spiro atoms. The Morgan fingerprint density at radius 2 is 2.16 bits per heavy atom. The lowest BCUT2D eigenvalue weighted by Gasteiger charge is -2.29. The van der Waals surface area contributed by atoms with Crippen molar-refractivity contribution in [2.24, 2.45) is 0 Å². The van der Waals surface area contributed by atoms with E-state index in [1.807, 2.05) is 19.2 Å². The predicted molar refractivity (Wildman–Crippen MR) is 75.4 cm³/mol. The van der Waals surface area contributed by atoms with E-state index in [1.165, 1.54) is 18.1 Å². The summed E-state index contributed by atoms with van der Waals surface area (Å²) < 4.78 is 0. The normalized spacial score (nSPS) is 14.4. The Balaban J connectivity index is 2.25. The minimum absolute atomic E-state index is 0.0143. The lowest BCUT2D eigenvalue weighted by atomic mass is 9.97. The second-order valence-electron chi connectivity index (χ2n) is 5.00. The van der Waals surface area contributed by atoms with Gasteiger partial charge in [-0.3, -0.25) is 9.59 Å². The molecule has 1 aliphatic rings. The standard InChI is InChI=1S/C15H20N2O2/c1-11(18)10-17-14-5-3-12(7-8-16-2)9-13(14)4-6-15(17)19/h3,5,9,16H,4,6-8,10H2,1-2H3. The molecule has 0 bridgehead atoms. The van der Waals surface area contributed by atoms with Gasteiger partial charge in [0.1, 0.15) is 5.78 Å². The number of likely N-dealkylation sites (N-methyl/N-ethyl adjacent to an activating group) is 1. The molecule has 0 aromatic heterocycles. The zero-order valence-corrected chi connectivity index (χ0v) is 11.5. The number of nitrogens with zero attached hydrogens (tertiary/aromatic N) is 1. The number of rotatable bonds is 5. The summed E-state index contributed by atoms with van der Waals surface area (Å²) in [4.78, 5) is 24.8. The Bertz CT molecular complexity index is 497. The van der Waals surface area contributed by atoms with Gasteiger partial charge in [0, 0.05) is 12.1 Å². The van der Waals surface area contributed by atoms with Crippen LogP contribution in [0.5, 0.6) is 0 Å². The van der Waals surface area contributed by atoms with Crippen LogP contribution in [0.2, 0.25) is 0 Å². The van der Waals surface area contributed by atoms with Gasteiger partial charge in [-0.15, -0.1) is 0 Å². The molecule has 0 aliphatic carbocycles. The zero-order valence-electron chi connectivity index (χ0n) is 11.5. The summed E-state index contributed by atoms with van der Waals surface area (Å²) in [5.41, 5.74) is 3.35. The fourth-order valence-electron chi connectivity index (χ4n) is 2.43. The summed E-state index contributed by atoms with van der Waals surface area (Å²) in [6, 6.07) is 6.18. The number of hydrogen-bond donors (Lipinski definition) is 1. The predicted octanol–water partition coefficient (Wildman–Crippen LogP) is 1.32. The molecular weight excluding hydrogens is 240 g/mol. The third-order valence-electron chi connectivity index (χ3n) is 3.39. The topological polar surface area (TPSA) is 49.4 Å². The van der Waals surface area contributed by atoms with Crippen molar-refractivity contribution in [2.45, 2.75) is 26.2 Å². The van der Waals surface area contributed by atoms with Crippen molar-refractivity contribution in [3.05, 3.63) is 29.3 Å². The highest BCUT2D eigenvalue weighted by Crippen LogP contribution is 2.28. The lowest BCUT2D eigenvalue weighted by molar-refractivity contribution is -0.122. The van der Waals surface area contributed by atoms with Gasteiger partial charge in [-0.2, -0.15) is 0 Å². The molecule has 0 radical (unpaired) electrons. The molecule has 0 atom stereocenters. The zero-order chi connectivity index (χ0) is 13.8. The number of hydrogen-bond acceptors (Lipinski definition) is 3. The Labute approximate surface area is 113 Å². The van der Waals surface area contributed by atoms with Gasteiger partial charge in [0.25, 0.3) is 0 Å². The number of carbonyl (C=O) groups excluding carboxylic acids is 2. The summed E-state index contributed by atoms with van der Waals surface area (Å²) in [7, 11) is 1.94. The van der Waals surface area contributed by atoms with Crippen LogP contribution in [0.15, 0.2) is 18.2 Å². The van der Waals surface area contributed by atoms with Crippen LogP contribution < -0.4 is 10.2 Å². The number of ketones is 1. The van der Waals surface area contributed by atoms with E-state index < -0.39 is 0 Å². The average molecular weight is 260 g/mol. The lowest BCUT2D eigenvalue weighted by Crippen LogP contribution is -2.38. The molecule has 4 heteroatoms. The van der Waals surface area contributed by atoms with E-state index in [1.54, 1.807) is 4.90 Å². The largest absolute Gasteiger partial charge is 0.319 e. The Hall–Kier alpha value is -1.68. The highest BCUT2D eigenvalue weighted by Gasteiger charge is 2.24. The number of fused-ring (bicyclic) bond motifs is 1. The summed E-state index contributed by atoms with van der Waals surface area (Å²) in [6.07, 6.45) is 2.25. The molecule has 0 saturated heterocycles. The van der Waals surface area contributed by atoms with Gasteiger partial charge in [0.05, 0.1) is 6.54 Å². The van der Waals surface area contributed by atoms with Crippen LogP contribution in [0, 0.1) is 0 Å². The summed E-state index contributed by atoms with van der Waals surface area (Å²) in [6.45, 7) is 2.64. The van der Waals surface area contributed by atoms with E-state index in [0.29, 0.717) is 6.42 Å². The van der Waals surface area contributed by atoms with E-state index in [9.17, 15) is 9.59 Å². The average Bonchev–Trinajstić information content (AvgIpc) is 2.39. The van der Waals surface area contributed by atoms with Crippen LogP contribution >= 0.6 is 0 Å². The molecule has 102 valence electrons. The molecule has 2 rings (SSSR count). The third kappa shape index (κ3) is 3.20. The second-order valence-corrected chi connectivity index (χ2v) is 5.00. The molecule has 1 heterocycles. The number of anilines is 1. The summed E-state index contributed by atoms with van der Waals surface area (Å²) in [5, 5.41) is 3.13. The number of nitrogens with one attached hydrogen (secondary N) is 1. The maximum atomic E-state index is 11.9. The molecular formula is C15H20N2O2. The van der Waals surface area contributed by atoms with Gasteiger partial charge >= 0.3 is 0 Å². The van der Waals surface area contributed by atoms with Gasteiger partial charge in [0.2, 0.25) is 5.91 Å². The molecule has 0 saturated carbocycles. The van der Waals surface area contributed by atoms with Gasteiger partial charge in [-0.25, -0.2) is 0 Å². The molecule has 0 fully saturated rings. The number of aryl methyl sites for hydroxylation is 1. The minimum Gasteiger partial charge on any atom is -0.319 e. The Morgan fingerprint density at radius 3 is 2.84 bits per heavy atom. The molecule has 19 heavy (non-hydrogen) atoms. The summed E-state index contributed by atoms with van der Waals surface area (Å²) >= 11 is 0. The van der Waals surface area contributed by atoms with E-state index in [2.05, 4.69) is 11.4 Å². The van der Waals surface area contributed by atoms with Crippen LogP contribution in [0.3, 0.4) is 0 Å². The molecule has 1 aromatic carbocycles. The highest BCUT2D eigenvalue weighted by atomic mass is 16.2. The first-order valence-electron chi connectivity index (χ1n) is 6.68. The SMILES string of the molecule is CNCCc1ccc2c(c1)CCC(=O)N2CC(C)=O. The van der Waals surface area contributed by atoms with Crippen LogP contribution in [0.25, 0.3) is 0 Å². The van der Waals surface area contributed by atoms with Crippen molar-refractivity contribution < 1.29 is 9.59 Å². The maximum Gasteiger partial charge on any atom is 0.227 e. The quantitative estimate of drug-likeness (QED) is 0.868. The molecule has 1 aliphatic heterocycles. The van der Waals surface area contributed by atoms with Crippen molar-refractivity contribution in [1.29, 1.82) is 0 Å². The van der Waals surface area contributed by atoms with Gasteiger partial charge < -0.3 is 10.2 Å². The van der Waals surface area contributed by atoms with Gasteiger partial charge in [-0.05, 0) is 50.6 Å². The van der Waals surface area contributed by atoms with Gasteiger partial charge in [-0.1, -0.05) is 12.1 Å². The van der Waals surface area contributed by atoms with E-state index in [0.717, 1.165) is 25.1 Å². The smallest absolute Gasteiger partial charge is 0.227 e. The first-order chi connectivity index (χ1) is 9.11. The molecule has 1 amide bonds. The van der Waals surface area contributed by atoms with Crippen LogP contribution in [0.1, 0.15) is 24.5 Å². The van der Waals surface area contributed by atoms with Crippen molar-refractivity contribution in [3.8, 4) is 0 Å². The summed E-state index contributed by atoms with van der Waals surface area (Å²) in [5.74, 6) is 0.0612. The monoisotopic (exact) mass is 260 g/mol. The maximum absolute atomic E-state index is 11.9. The van der Waals surface area contributed by atoms with E-state index in [4.69, 9.17) is 0 Å². The molecule has 1 aromatic rings.